The number of benzene rings is 1. The first-order valence-electron chi connectivity index (χ1n) is 7.55. The molecule has 0 N–H and O–H groups in total. The van der Waals surface area contributed by atoms with Crippen LogP contribution in [0, 0.1) is 0 Å². The molecule has 2 aromatic heterocycles. The Balaban J connectivity index is 1.75. The van der Waals surface area contributed by atoms with Gasteiger partial charge < -0.3 is 9.32 Å². The Morgan fingerprint density at radius 1 is 1.30 bits per heavy atom. The van der Waals surface area contributed by atoms with E-state index in [0.29, 0.717) is 12.1 Å². The van der Waals surface area contributed by atoms with Gasteiger partial charge in [-0.25, -0.2) is 4.79 Å². The lowest BCUT2D eigenvalue weighted by atomic mass is 10.0. The molecule has 0 bridgehead atoms. The normalized spacial score (nSPS) is 17.3. The molecule has 0 fully saturated rings. The molecular formula is C18H15NO3S. The highest BCUT2D eigenvalue weighted by Gasteiger charge is 2.30. The summed E-state index contributed by atoms with van der Waals surface area (Å²) >= 11 is 1.73. The van der Waals surface area contributed by atoms with Gasteiger partial charge in [0.1, 0.15) is 11.1 Å². The minimum atomic E-state index is -0.572. The maximum absolute atomic E-state index is 12.9. The number of amides is 1. The van der Waals surface area contributed by atoms with Gasteiger partial charge in [-0.2, -0.15) is 0 Å². The number of hydrogen-bond donors (Lipinski definition) is 0. The van der Waals surface area contributed by atoms with E-state index in [0.717, 1.165) is 11.8 Å². The van der Waals surface area contributed by atoms with Crippen LogP contribution >= 0.6 is 11.3 Å². The van der Waals surface area contributed by atoms with Crippen LogP contribution in [0.3, 0.4) is 0 Å². The summed E-state index contributed by atoms with van der Waals surface area (Å²) in [5.74, 6) is -0.256. The van der Waals surface area contributed by atoms with Crippen molar-refractivity contribution < 1.29 is 9.21 Å². The predicted octanol–water partition coefficient (Wildman–Crippen LogP) is 3.61. The number of carbonyl (C=O) groups is 1. The third-order valence-corrected chi connectivity index (χ3v) is 5.41. The van der Waals surface area contributed by atoms with Crippen molar-refractivity contribution in [3.05, 3.63) is 68.2 Å². The maximum Gasteiger partial charge on any atom is 0.349 e. The van der Waals surface area contributed by atoms with E-state index < -0.39 is 5.63 Å². The van der Waals surface area contributed by atoms with Crippen molar-refractivity contribution in [2.75, 3.05) is 6.54 Å². The molecule has 0 radical (unpaired) electrons. The van der Waals surface area contributed by atoms with Gasteiger partial charge in [0.05, 0.1) is 6.04 Å². The second kappa shape index (κ2) is 5.35. The predicted molar refractivity (Wildman–Crippen MR) is 90.0 cm³/mol. The highest BCUT2D eigenvalue weighted by molar-refractivity contribution is 7.10. The van der Waals surface area contributed by atoms with E-state index in [-0.39, 0.29) is 17.5 Å². The molecule has 0 aliphatic carbocycles. The van der Waals surface area contributed by atoms with Crippen molar-refractivity contribution in [3.63, 3.8) is 0 Å². The standard InChI is InChI=1S/C18H15NO3S/c1-11-13-7-9-23-16(13)6-8-19(11)17(20)14-10-12-4-2-3-5-15(12)22-18(14)21/h2-5,7,9-11H,6,8H2,1H3/t11-/m0/s1. The molecule has 0 saturated carbocycles. The summed E-state index contributed by atoms with van der Waals surface area (Å²) in [4.78, 5) is 28.2. The fraction of sp³-hybridized carbons (Fsp3) is 0.222. The molecule has 1 aliphatic rings. The van der Waals surface area contributed by atoms with Crippen molar-refractivity contribution in [1.29, 1.82) is 0 Å². The Kier molecular flexibility index (Phi) is 3.31. The van der Waals surface area contributed by atoms with E-state index in [1.54, 1.807) is 34.4 Å². The SMILES string of the molecule is C[C@H]1c2ccsc2CCN1C(=O)c1cc2ccccc2oc1=O. The topological polar surface area (TPSA) is 50.5 Å². The second-order valence-electron chi connectivity index (χ2n) is 5.71. The first-order valence-corrected chi connectivity index (χ1v) is 8.43. The fourth-order valence-corrected chi connectivity index (χ4v) is 4.12. The Hall–Kier alpha value is -2.40. The van der Waals surface area contributed by atoms with Crippen LogP contribution < -0.4 is 5.63 Å². The van der Waals surface area contributed by atoms with Crippen LogP contribution in [-0.2, 0) is 6.42 Å². The summed E-state index contributed by atoms with van der Waals surface area (Å²) in [5.41, 5.74) is 1.21. The molecule has 1 atom stereocenters. The minimum absolute atomic E-state index is 0.0247. The lowest BCUT2D eigenvalue weighted by Gasteiger charge is -2.33. The molecular weight excluding hydrogens is 310 g/mol. The number of para-hydroxylation sites is 1. The number of carbonyl (C=O) groups excluding carboxylic acids is 1. The number of rotatable bonds is 1. The monoisotopic (exact) mass is 325 g/mol. The number of hydrogen-bond acceptors (Lipinski definition) is 4. The van der Waals surface area contributed by atoms with Crippen LogP contribution in [0.2, 0.25) is 0 Å². The zero-order chi connectivity index (χ0) is 16.0. The summed E-state index contributed by atoms with van der Waals surface area (Å²) in [7, 11) is 0. The van der Waals surface area contributed by atoms with Gasteiger partial charge in [-0.1, -0.05) is 18.2 Å². The Morgan fingerprint density at radius 2 is 2.13 bits per heavy atom. The average Bonchev–Trinajstić information content (AvgIpc) is 3.03. The van der Waals surface area contributed by atoms with E-state index in [9.17, 15) is 9.59 Å². The van der Waals surface area contributed by atoms with Gasteiger partial charge in [-0.15, -0.1) is 11.3 Å². The van der Waals surface area contributed by atoms with Gasteiger partial charge in [-0.3, -0.25) is 4.79 Å². The van der Waals surface area contributed by atoms with E-state index in [1.807, 2.05) is 19.1 Å². The lowest BCUT2D eigenvalue weighted by Crippen LogP contribution is -2.40. The van der Waals surface area contributed by atoms with Crippen molar-refractivity contribution in [1.82, 2.24) is 4.90 Å². The zero-order valence-electron chi connectivity index (χ0n) is 12.6. The molecule has 0 saturated heterocycles. The molecule has 3 aromatic rings. The van der Waals surface area contributed by atoms with Crippen LogP contribution in [0.25, 0.3) is 11.0 Å². The zero-order valence-corrected chi connectivity index (χ0v) is 13.4. The van der Waals surface area contributed by atoms with Gasteiger partial charge in [-0.05, 0) is 42.5 Å². The van der Waals surface area contributed by atoms with E-state index in [2.05, 4.69) is 11.4 Å². The lowest BCUT2D eigenvalue weighted by molar-refractivity contribution is 0.0675. The number of fused-ring (bicyclic) bond motifs is 2. The summed E-state index contributed by atoms with van der Waals surface area (Å²) < 4.78 is 5.29. The van der Waals surface area contributed by atoms with E-state index in [4.69, 9.17) is 4.42 Å². The molecule has 116 valence electrons. The van der Waals surface area contributed by atoms with Crippen molar-refractivity contribution in [2.24, 2.45) is 0 Å². The molecule has 0 unspecified atom stereocenters. The van der Waals surface area contributed by atoms with Crippen LogP contribution in [0.15, 0.2) is 51.0 Å². The average molecular weight is 325 g/mol. The van der Waals surface area contributed by atoms with Gasteiger partial charge in [0.2, 0.25) is 0 Å². The molecule has 5 heteroatoms. The van der Waals surface area contributed by atoms with Crippen molar-refractivity contribution in [3.8, 4) is 0 Å². The molecule has 1 aromatic carbocycles. The third kappa shape index (κ3) is 2.28. The first kappa shape index (κ1) is 14.2. The summed E-state index contributed by atoms with van der Waals surface area (Å²) in [5, 5.41) is 2.82. The first-order chi connectivity index (χ1) is 11.1. The van der Waals surface area contributed by atoms with Gasteiger partial charge in [0.15, 0.2) is 0 Å². The molecule has 23 heavy (non-hydrogen) atoms. The smallest absolute Gasteiger partial charge is 0.349 e. The van der Waals surface area contributed by atoms with E-state index in [1.165, 1.54) is 10.4 Å². The highest BCUT2D eigenvalue weighted by atomic mass is 32.1. The molecule has 0 spiro atoms. The van der Waals surface area contributed by atoms with Gasteiger partial charge >= 0.3 is 5.63 Å². The fourth-order valence-electron chi connectivity index (χ4n) is 3.15. The van der Waals surface area contributed by atoms with Crippen LogP contribution in [0.4, 0.5) is 0 Å². The molecule has 4 nitrogen and oxygen atoms in total. The Labute approximate surface area is 137 Å². The largest absolute Gasteiger partial charge is 0.422 e. The van der Waals surface area contributed by atoms with Crippen molar-refractivity contribution in [2.45, 2.75) is 19.4 Å². The minimum Gasteiger partial charge on any atom is -0.422 e. The van der Waals surface area contributed by atoms with E-state index >= 15 is 0 Å². The molecule has 4 rings (SSSR count). The Morgan fingerprint density at radius 3 is 3.00 bits per heavy atom. The van der Waals surface area contributed by atoms with Gasteiger partial charge in [0.25, 0.3) is 5.91 Å². The second-order valence-corrected chi connectivity index (χ2v) is 6.71. The summed E-state index contributed by atoms with van der Waals surface area (Å²) in [6.45, 7) is 2.63. The summed E-state index contributed by atoms with van der Waals surface area (Å²) in [6, 6.07) is 10.9. The summed E-state index contributed by atoms with van der Waals surface area (Å²) in [6.07, 6.45) is 0.835. The maximum atomic E-state index is 12.9. The third-order valence-electron chi connectivity index (χ3n) is 4.41. The molecule has 1 aliphatic heterocycles. The molecule has 1 amide bonds. The van der Waals surface area contributed by atoms with Gasteiger partial charge in [0, 0.05) is 16.8 Å². The van der Waals surface area contributed by atoms with Crippen molar-refractivity contribution >= 4 is 28.2 Å². The number of nitrogens with zero attached hydrogens (tertiary/aromatic N) is 1. The van der Waals surface area contributed by atoms with Crippen LogP contribution in [0.5, 0.6) is 0 Å². The molecule has 3 heterocycles. The Bertz CT molecular complexity index is 956. The van der Waals surface area contributed by atoms with Crippen LogP contribution in [0.1, 0.15) is 33.8 Å². The quantitative estimate of drug-likeness (QED) is 0.642. The number of thiophene rings is 1. The highest BCUT2D eigenvalue weighted by Crippen LogP contribution is 2.33. The van der Waals surface area contributed by atoms with Crippen LogP contribution in [-0.4, -0.2) is 17.4 Å².